The number of carbonyl (C=O) groups excluding carboxylic acids is 2. The van der Waals surface area contributed by atoms with Crippen LogP contribution in [0.5, 0.6) is 0 Å². The highest BCUT2D eigenvalue weighted by atomic mass is 127. The fraction of sp³-hybridized carbons (Fsp3) is 0.818. The summed E-state index contributed by atoms with van der Waals surface area (Å²) in [7, 11) is 4.69. The van der Waals surface area contributed by atoms with Gasteiger partial charge in [-0.1, -0.05) is 31.6 Å². The number of ketones is 1. The number of aliphatic hydroxyl groups excluding tert-OH is 4. The highest BCUT2D eigenvalue weighted by molar-refractivity contribution is 14.1. The van der Waals surface area contributed by atoms with Crippen molar-refractivity contribution in [1.82, 2.24) is 4.90 Å². The third-order valence-electron chi connectivity index (χ3n) is 11.8. The average Bonchev–Trinajstić information content (AvgIpc) is 3.21. The first kappa shape index (κ1) is 53.7. The number of rotatable bonds is 16. The van der Waals surface area contributed by atoms with Gasteiger partial charge in [0.05, 0.1) is 49.6 Å². The van der Waals surface area contributed by atoms with E-state index >= 15 is 0 Å². The van der Waals surface area contributed by atoms with E-state index in [0.29, 0.717) is 31.8 Å². The smallest absolute Gasteiger partial charge is 0.309 e. The third kappa shape index (κ3) is 15.2. The van der Waals surface area contributed by atoms with E-state index in [1.54, 1.807) is 38.8 Å². The molecule has 0 aromatic heterocycles. The Labute approximate surface area is 376 Å². The summed E-state index contributed by atoms with van der Waals surface area (Å²) in [5.74, 6) is -0.694. The van der Waals surface area contributed by atoms with Crippen molar-refractivity contribution in [2.75, 3.05) is 47.6 Å². The van der Waals surface area contributed by atoms with Gasteiger partial charge in [-0.3, -0.25) is 14.5 Å². The van der Waals surface area contributed by atoms with Crippen LogP contribution >= 0.6 is 22.6 Å². The summed E-state index contributed by atoms with van der Waals surface area (Å²) in [5, 5.41) is 45.4. The second kappa shape index (κ2) is 26.4. The molecule has 0 saturated carbocycles. The van der Waals surface area contributed by atoms with Gasteiger partial charge < -0.3 is 63.1 Å². The van der Waals surface area contributed by atoms with E-state index in [1.807, 2.05) is 56.4 Å². The predicted octanol–water partition coefficient (Wildman–Crippen LogP) is 3.14. The van der Waals surface area contributed by atoms with Gasteiger partial charge in [0.2, 0.25) is 0 Å². The van der Waals surface area contributed by atoms with E-state index in [-0.39, 0.29) is 25.2 Å². The fourth-order valence-electron chi connectivity index (χ4n) is 8.25. The summed E-state index contributed by atoms with van der Waals surface area (Å²) in [6.07, 6.45) is -0.332. The van der Waals surface area contributed by atoms with Gasteiger partial charge in [0.15, 0.2) is 28.8 Å². The van der Waals surface area contributed by atoms with Crippen LogP contribution in [0.3, 0.4) is 0 Å². The van der Waals surface area contributed by atoms with E-state index in [9.17, 15) is 30.0 Å². The number of aliphatic hydroxyl groups is 4. The Morgan fingerprint density at radius 3 is 2.15 bits per heavy atom. The Morgan fingerprint density at radius 1 is 0.918 bits per heavy atom. The topological polar surface area (TPSA) is 201 Å². The molecule has 17 atom stereocenters. The SMILES string of the molecule is C#CCCN(C)[C@@H]1[C@@H](O)[C@H](O[C@H]2[C@@H](CC(OCC)OCC)C[C@@H](C)C(=O)/C=C/C(C)=C/[C@H](COC3O[C@H](C)[C@@H](O)[C@@H](OC)[C@H]3OC)[C@@H](I)OC(=O)C[C@@H](O)[C@@H]2C)O[C@H](C)[C@H]1O. The van der Waals surface area contributed by atoms with Gasteiger partial charge in [-0.2, -0.15) is 0 Å². The van der Waals surface area contributed by atoms with Crippen LogP contribution < -0.4 is 0 Å². The monoisotopic (exact) mass is 981 g/mol. The van der Waals surface area contributed by atoms with Crippen LogP contribution in [0.1, 0.15) is 74.1 Å². The molecule has 61 heavy (non-hydrogen) atoms. The summed E-state index contributed by atoms with van der Waals surface area (Å²) in [6, 6.07) is -0.803. The zero-order valence-electron chi connectivity index (χ0n) is 37.5. The molecule has 3 aliphatic heterocycles. The summed E-state index contributed by atoms with van der Waals surface area (Å²) in [6.45, 7) is 13.5. The number of alkyl halides is 1. The zero-order chi connectivity index (χ0) is 45.6. The lowest BCUT2D eigenvalue weighted by Gasteiger charge is -2.47. The number of allylic oxidation sites excluding steroid dienone is 3. The van der Waals surface area contributed by atoms with Crippen molar-refractivity contribution in [3.63, 3.8) is 0 Å². The van der Waals surface area contributed by atoms with Gasteiger partial charge in [0.25, 0.3) is 0 Å². The lowest BCUT2D eigenvalue weighted by atomic mass is 9.79. The Hall–Kier alpha value is -1.61. The zero-order valence-corrected chi connectivity index (χ0v) is 39.6. The molecule has 17 heteroatoms. The highest BCUT2D eigenvalue weighted by Crippen LogP contribution is 2.36. The van der Waals surface area contributed by atoms with E-state index in [0.717, 1.165) is 0 Å². The maximum atomic E-state index is 13.9. The number of hydrogen-bond donors (Lipinski definition) is 4. The van der Waals surface area contributed by atoms with E-state index in [4.69, 9.17) is 49.1 Å². The molecule has 0 aromatic rings. The molecule has 16 nitrogen and oxygen atoms in total. The summed E-state index contributed by atoms with van der Waals surface area (Å²) in [5.41, 5.74) is 0.700. The maximum absolute atomic E-state index is 13.9. The highest BCUT2D eigenvalue weighted by Gasteiger charge is 2.49. The molecular weight excluding hydrogens is 909 g/mol. The van der Waals surface area contributed by atoms with E-state index < -0.39 is 120 Å². The molecule has 0 spiro atoms. The maximum Gasteiger partial charge on any atom is 0.309 e. The molecule has 3 heterocycles. The van der Waals surface area contributed by atoms with Gasteiger partial charge >= 0.3 is 5.97 Å². The number of hydrogen-bond acceptors (Lipinski definition) is 16. The average molecular weight is 982 g/mol. The van der Waals surface area contributed by atoms with Crippen LogP contribution in [-0.2, 0) is 52.2 Å². The van der Waals surface area contributed by atoms with Crippen LogP contribution in [0, 0.1) is 36.0 Å². The van der Waals surface area contributed by atoms with Gasteiger partial charge in [-0.15, -0.1) is 12.3 Å². The Kier molecular flexibility index (Phi) is 23.2. The van der Waals surface area contributed by atoms with Crippen molar-refractivity contribution in [3.8, 4) is 12.3 Å². The van der Waals surface area contributed by atoms with Gasteiger partial charge in [0.1, 0.15) is 24.4 Å². The van der Waals surface area contributed by atoms with Crippen molar-refractivity contribution in [2.24, 2.45) is 23.7 Å². The summed E-state index contributed by atoms with van der Waals surface area (Å²) >= 11 is 2.00. The molecule has 0 aliphatic carbocycles. The lowest BCUT2D eigenvalue weighted by molar-refractivity contribution is -0.307. The van der Waals surface area contributed by atoms with Crippen LogP contribution in [-0.4, -0.2) is 169 Å². The van der Waals surface area contributed by atoms with Crippen molar-refractivity contribution < 1.29 is 72.6 Å². The minimum Gasteiger partial charge on any atom is -0.451 e. The molecule has 0 aromatic carbocycles. The van der Waals surface area contributed by atoms with Gasteiger partial charge in [0, 0.05) is 64.6 Å². The number of ether oxygens (including phenoxy) is 9. The van der Waals surface area contributed by atoms with Crippen LogP contribution in [0.15, 0.2) is 23.8 Å². The predicted molar refractivity (Wildman–Crippen MR) is 233 cm³/mol. The molecule has 0 amide bonds. The minimum absolute atomic E-state index is 0.00662. The molecule has 1 unspecified atom stereocenters. The molecule has 2 fully saturated rings. The molecule has 2 saturated heterocycles. The molecule has 0 bridgehead atoms. The Morgan fingerprint density at radius 2 is 1.54 bits per heavy atom. The lowest BCUT2D eigenvalue weighted by Crippen LogP contribution is -2.64. The van der Waals surface area contributed by atoms with Gasteiger partial charge in [-0.25, -0.2) is 0 Å². The minimum atomic E-state index is -1.35. The van der Waals surface area contributed by atoms with Crippen molar-refractivity contribution in [2.45, 2.75) is 158 Å². The number of methoxy groups -OCH3 is 2. The molecule has 3 aliphatic rings. The number of terminal acetylenes is 1. The Balaban J connectivity index is 2.03. The third-order valence-corrected chi connectivity index (χ3v) is 13.0. The van der Waals surface area contributed by atoms with Crippen molar-refractivity contribution in [1.29, 1.82) is 0 Å². The van der Waals surface area contributed by atoms with Crippen molar-refractivity contribution in [3.05, 3.63) is 23.8 Å². The van der Waals surface area contributed by atoms with Crippen molar-refractivity contribution >= 4 is 34.3 Å². The first-order chi connectivity index (χ1) is 28.9. The molecule has 0 radical (unpaired) electrons. The number of halogens is 1. The number of cyclic esters (lactones) is 1. The second-order valence-corrected chi connectivity index (χ2v) is 17.6. The van der Waals surface area contributed by atoms with Gasteiger partial charge in [-0.05, 0) is 82.7 Å². The summed E-state index contributed by atoms with van der Waals surface area (Å²) < 4.78 is 53.2. The fourth-order valence-corrected chi connectivity index (χ4v) is 8.95. The number of esters is 1. The molecular formula is C44H72INO15. The van der Waals surface area contributed by atoms with Crippen LogP contribution in [0.25, 0.3) is 0 Å². The van der Waals surface area contributed by atoms with E-state index in [2.05, 4.69) is 5.92 Å². The second-order valence-electron chi connectivity index (χ2n) is 16.4. The Bertz CT molecular complexity index is 1440. The molecule has 4 N–H and O–H groups in total. The number of nitrogens with zero attached hydrogens (tertiary/aromatic N) is 1. The van der Waals surface area contributed by atoms with E-state index in [1.165, 1.54) is 20.3 Å². The standard InChI is InChI=1S/C44H72INO15/c1-12-15-18-46(9)35-36(50)27(7)58-43(38(35)52)61-39-26(6)32(48)22-33(49)60-42(45)30(23-57-44-41(54-11)40(53-10)37(51)28(8)59-44)19-24(4)16-17-31(47)25(5)20-29(39)21-34(55-13-2)56-14-3/h1,16-17,19,25-30,32,34-44,48,50-52H,13-15,18,20-23H2,2-11H3/b17-16+,24-19+/t25-,26+,27-,28-,29-,30-,32-,35+,36-,37-,38-,39-,40-,41-,42+,43+,44?/m1/s1. The number of likely N-dealkylation sites (N-methyl/N-ethyl adjacent to an activating group) is 1. The molecule has 350 valence electrons. The molecule has 3 rings (SSSR count). The first-order valence-corrected chi connectivity index (χ1v) is 22.6. The quantitative estimate of drug-likeness (QED) is 0.0578. The largest absolute Gasteiger partial charge is 0.451 e. The normalized spacial score (nSPS) is 40.0. The number of carbonyl (C=O) groups is 2. The summed E-state index contributed by atoms with van der Waals surface area (Å²) in [4.78, 5) is 29.4. The first-order valence-electron chi connectivity index (χ1n) is 21.4. The van der Waals surface area contributed by atoms with Crippen LogP contribution in [0.2, 0.25) is 0 Å². The van der Waals surface area contributed by atoms with Crippen LogP contribution in [0.4, 0.5) is 0 Å².